The molecule has 10 heteroatoms. The highest BCUT2D eigenvalue weighted by molar-refractivity contribution is 7.99. The van der Waals surface area contributed by atoms with Crippen molar-refractivity contribution in [2.45, 2.75) is 11.7 Å². The summed E-state index contributed by atoms with van der Waals surface area (Å²) >= 11 is 7.46. The maximum absolute atomic E-state index is 12.3. The molecule has 3 aromatic heterocycles. The summed E-state index contributed by atoms with van der Waals surface area (Å²) in [6.45, 7) is 0.379. The van der Waals surface area contributed by atoms with E-state index in [1.54, 1.807) is 17.7 Å². The maximum atomic E-state index is 12.3. The molecule has 166 valence electrons. The minimum atomic E-state index is -0.108. The molecule has 0 fully saturated rings. The third kappa shape index (κ3) is 4.37. The molecule has 0 radical (unpaired) electrons. The van der Waals surface area contributed by atoms with Gasteiger partial charge in [0.15, 0.2) is 10.8 Å². The van der Waals surface area contributed by atoms with E-state index in [2.05, 4.69) is 20.6 Å². The Bertz CT molecular complexity index is 1450. The van der Waals surface area contributed by atoms with Crippen LogP contribution in [-0.2, 0) is 11.3 Å². The van der Waals surface area contributed by atoms with E-state index in [1.807, 2.05) is 65.3 Å². The van der Waals surface area contributed by atoms with Gasteiger partial charge in [-0.2, -0.15) is 5.10 Å². The first-order valence-electron chi connectivity index (χ1n) is 10.1. The fraction of sp³-hybridized carbons (Fsp3) is 0.130. The Morgan fingerprint density at radius 1 is 1.12 bits per heavy atom. The molecule has 0 aliphatic heterocycles. The molecular weight excluding hydrogens is 460 g/mol. The van der Waals surface area contributed by atoms with E-state index in [4.69, 9.17) is 16.3 Å². The van der Waals surface area contributed by atoms with Crippen LogP contribution in [0.5, 0.6) is 5.75 Å². The zero-order valence-electron chi connectivity index (χ0n) is 17.6. The summed E-state index contributed by atoms with van der Waals surface area (Å²) in [6, 6.07) is 17.1. The molecule has 0 bridgehead atoms. The number of nitrogens with one attached hydrogen (secondary N) is 1. The molecular formula is C23H19ClN6O2S. The summed E-state index contributed by atoms with van der Waals surface area (Å²) in [5, 5.41) is 17.4. The Hall–Kier alpha value is -3.56. The number of hydrogen-bond donors (Lipinski definition) is 1. The van der Waals surface area contributed by atoms with Crippen LogP contribution in [0, 0.1) is 0 Å². The van der Waals surface area contributed by atoms with Crippen LogP contribution < -0.4 is 10.1 Å². The smallest absolute Gasteiger partial charge is 0.230 e. The predicted octanol–water partition coefficient (Wildman–Crippen LogP) is 4.11. The number of carbonyl (C=O) groups is 1. The van der Waals surface area contributed by atoms with E-state index in [9.17, 15) is 4.79 Å². The average molecular weight is 479 g/mol. The summed E-state index contributed by atoms with van der Waals surface area (Å²) in [5.74, 6) is 0.899. The maximum Gasteiger partial charge on any atom is 0.230 e. The lowest BCUT2D eigenvalue weighted by Gasteiger charge is -2.06. The number of ether oxygens (including phenoxy) is 1. The number of halogens is 1. The molecule has 1 amide bonds. The summed E-state index contributed by atoms with van der Waals surface area (Å²) in [7, 11) is 1.64. The van der Waals surface area contributed by atoms with Crippen molar-refractivity contribution in [1.82, 2.24) is 29.5 Å². The third-order valence-corrected chi connectivity index (χ3v) is 6.45. The van der Waals surface area contributed by atoms with Crippen molar-refractivity contribution in [3.05, 3.63) is 77.6 Å². The number of hydrogen-bond acceptors (Lipinski definition) is 6. The Morgan fingerprint density at radius 3 is 2.73 bits per heavy atom. The van der Waals surface area contributed by atoms with Gasteiger partial charge in [0.2, 0.25) is 5.91 Å². The van der Waals surface area contributed by atoms with Gasteiger partial charge in [-0.15, -0.1) is 10.2 Å². The summed E-state index contributed by atoms with van der Waals surface area (Å²) in [5.41, 5.74) is 4.17. The highest BCUT2D eigenvalue weighted by atomic mass is 35.5. The van der Waals surface area contributed by atoms with Crippen LogP contribution in [0.2, 0.25) is 5.02 Å². The number of fused-ring (bicyclic) bond motifs is 3. The number of aromatic nitrogens is 5. The third-order valence-electron chi connectivity index (χ3n) is 5.14. The highest BCUT2D eigenvalue weighted by Crippen LogP contribution is 2.25. The van der Waals surface area contributed by atoms with Crippen LogP contribution in [0.15, 0.2) is 72.1 Å². The second-order valence-electron chi connectivity index (χ2n) is 7.22. The van der Waals surface area contributed by atoms with E-state index < -0.39 is 0 Å². The van der Waals surface area contributed by atoms with Crippen molar-refractivity contribution in [1.29, 1.82) is 0 Å². The van der Waals surface area contributed by atoms with Gasteiger partial charge >= 0.3 is 0 Å². The van der Waals surface area contributed by atoms with Crippen LogP contribution in [0.3, 0.4) is 0 Å². The van der Waals surface area contributed by atoms with Gasteiger partial charge in [-0.3, -0.25) is 9.20 Å². The SMILES string of the molecule is COc1ccc(-c2cc3c4nnc(SCC(=O)NCc5ccccc5Cl)n4ccn3n2)cc1. The molecule has 5 rings (SSSR count). The lowest BCUT2D eigenvalue weighted by molar-refractivity contribution is -0.118. The molecule has 8 nitrogen and oxygen atoms in total. The molecule has 0 atom stereocenters. The van der Waals surface area contributed by atoms with Crippen molar-refractivity contribution < 1.29 is 9.53 Å². The quantitative estimate of drug-likeness (QED) is 0.354. The molecule has 0 aliphatic carbocycles. The first-order valence-corrected chi connectivity index (χ1v) is 11.5. The molecule has 1 N–H and O–H groups in total. The van der Waals surface area contributed by atoms with E-state index in [1.165, 1.54) is 11.8 Å². The van der Waals surface area contributed by atoms with Crippen LogP contribution in [0.1, 0.15) is 5.56 Å². The van der Waals surface area contributed by atoms with Gasteiger partial charge in [0.05, 0.1) is 18.6 Å². The zero-order chi connectivity index (χ0) is 22.8. The molecule has 0 saturated carbocycles. The number of benzene rings is 2. The number of methoxy groups -OCH3 is 1. The second kappa shape index (κ2) is 9.13. The molecule has 5 aromatic rings. The van der Waals surface area contributed by atoms with Crippen molar-refractivity contribution in [3.8, 4) is 17.0 Å². The van der Waals surface area contributed by atoms with Crippen LogP contribution >= 0.6 is 23.4 Å². The topological polar surface area (TPSA) is 85.8 Å². The standard InChI is InChI=1S/C23H19ClN6O2S/c1-32-17-8-6-15(7-9-17)19-12-20-22-26-27-23(29(22)10-11-30(20)28-19)33-14-21(31)25-13-16-4-2-3-5-18(16)24/h2-12H,13-14H2,1H3,(H,25,31). The van der Waals surface area contributed by atoms with Gasteiger partial charge in [0.25, 0.3) is 0 Å². The first kappa shape index (κ1) is 21.3. The second-order valence-corrected chi connectivity index (χ2v) is 8.57. The van der Waals surface area contributed by atoms with Gasteiger partial charge in [-0.05, 0) is 42.0 Å². The molecule has 0 unspecified atom stereocenters. The predicted molar refractivity (Wildman–Crippen MR) is 128 cm³/mol. The van der Waals surface area contributed by atoms with Crippen molar-refractivity contribution in [2.75, 3.05) is 12.9 Å². The first-order chi connectivity index (χ1) is 16.1. The molecule has 0 spiro atoms. The summed E-state index contributed by atoms with van der Waals surface area (Å²) < 4.78 is 8.86. The lowest BCUT2D eigenvalue weighted by atomic mass is 10.1. The largest absolute Gasteiger partial charge is 0.497 e. The number of amides is 1. The number of carbonyl (C=O) groups excluding carboxylic acids is 1. The molecule has 3 heterocycles. The van der Waals surface area contributed by atoms with Gasteiger partial charge in [0, 0.05) is 29.5 Å². The fourth-order valence-electron chi connectivity index (χ4n) is 3.41. The Balaban J connectivity index is 1.31. The van der Waals surface area contributed by atoms with Crippen molar-refractivity contribution in [2.24, 2.45) is 0 Å². The highest BCUT2D eigenvalue weighted by Gasteiger charge is 2.14. The van der Waals surface area contributed by atoms with Gasteiger partial charge < -0.3 is 10.1 Å². The van der Waals surface area contributed by atoms with Gasteiger partial charge in [0.1, 0.15) is 11.3 Å². The van der Waals surface area contributed by atoms with E-state index in [-0.39, 0.29) is 11.7 Å². The molecule has 0 saturated heterocycles. The van der Waals surface area contributed by atoms with Crippen molar-refractivity contribution in [3.63, 3.8) is 0 Å². The van der Waals surface area contributed by atoms with Crippen LogP contribution in [-0.4, -0.2) is 43.0 Å². The average Bonchev–Trinajstić information content (AvgIpc) is 3.46. The minimum absolute atomic E-state index is 0.108. The molecule has 2 aromatic carbocycles. The minimum Gasteiger partial charge on any atom is -0.497 e. The Labute approximate surface area is 198 Å². The molecule has 0 aliphatic rings. The monoisotopic (exact) mass is 478 g/mol. The van der Waals surface area contributed by atoms with Crippen LogP contribution in [0.4, 0.5) is 0 Å². The fourth-order valence-corrected chi connectivity index (χ4v) is 4.36. The van der Waals surface area contributed by atoms with E-state index in [0.717, 1.165) is 28.1 Å². The normalized spacial score (nSPS) is 11.2. The Morgan fingerprint density at radius 2 is 1.94 bits per heavy atom. The van der Waals surface area contributed by atoms with Crippen molar-refractivity contribution >= 4 is 40.4 Å². The van der Waals surface area contributed by atoms with E-state index >= 15 is 0 Å². The molecule has 33 heavy (non-hydrogen) atoms. The number of nitrogens with zero attached hydrogens (tertiary/aromatic N) is 5. The van der Waals surface area contributed by atoms with Crippen LogP contribution in [0.25, 0.3) is 22.4 Å². The van der Waals surface area contributed by atoms with Gasteiger partial charge in [-0.1, -0.05) is 41.6 Å². The Kier molecular flexibility index (Phi) is 5.89. The number of rotatable bonds is 7. The van der Waals surface area contributed by atoms with Gasteiger partial charge in [-0.25, -0.2) is 4.52 Å². The summed E-state index contributed by atoms with van der Waals surface area (Å²) in [4.78, 5) is 12.3. The lowest BCUT2D eigenvalue weighted by Crippen LogP contribution is -2.24. The number of thioether (sulfide) groups is 1. The van der Waals surface area contributed by atoms with E-state index in [0.29, 0.717) is 22.4 Å². The summed E-state index contributed by atoms with van der Waals surface area (Å²) in [6.07, 6.45) is 3.69. The zero-order valence-corrected chi connectivity index (χ0v) is 19.2.